The molecule has 1 fully saturated rings. The molecule has 1 heterocycles. The highest BCUT2D eigenvalue weighted by atomic mass is 16.2. The van der Waals surface area contributed by atoms with Crippen LogP contribution in [0, 0.1) is 11.8 Å². The van der Waals surface area contributed by atoms with Crippen molar-refractivity contribution in [1.82, 2.24) is 4.90 Å². The van der Waals surface area contributed by atoms with E-state index in [-0.39, 0.29) is 5.91 Å². The molecule has 3 nitrogen and oxygen atoms in total. The predicted molar refractivity (Wildman–Crippen MR) is 88.5 cm³/mol. The second-order valence-electron chi connectivity index (χ2n) is 6.97. The molecule has 0 spiro atoms. The number of hydrogen-bond donors (Lipinski definition) is 1. The van der Waals surface area contributed by atoms with Gasteiger partial charge in [-0.2, -0.15) is 0 Å². The van der Waals surface area contributed by atoms with E-state index in [0.29, 0.717) is 24.3 Å². The number of piperidine rings is 1. The average molecular weight is 288 g/mol. The minimum atomic E-state index is 0.0913. The molecule has 116 valence electrons. The summed E-state index contributed by atoms with van der Waals surface area (Å²) in [5.74, 6) is 1.98. The molecular formula is C18H28N2O. The Bertz CT molecular complexity index is 457. The van der Waals surface area contributed by atoms with Crippen molar-refractivity contribution in [2.45, 2.75) is 40.0 Å². The summed E-state index contributed by atoms with van der Waals surface area (Å²) in [6.45, 7) is 11.4. The summed E-state index contributed by atoms with van der Waals surface area (Å²) in [6, 6.07) is 8.17. The summed E-state index contributed by atoms with van der Waals surface area (Å²) in [6.07, 6.45) is 1.27. The molecule has 1 saturated heterocycles. The van der Waals surface area contributed by atoms with Crippen LogP contribution < -0.4 is 5.32 Å². The smallest absolute Gasteiger partial charge is 0.238 e. The number of likely N-dealkylation sites (tertiary alicyclic amines) is 1. The van der Waals surface area contributed by atoms with Crippen molar-refractivity contribution >= 4 is 11.6 Å². The lowest BCUT2D eigenvalue weighted by molar-refractivity contribution is -0.117. The van der Waals surface area contributed by atoms with Crippen molar-refractivity contribution in [1.29, 1.82) is 0 Å². The molecule has 1 aromatic rings. The summed E-state index contributed by atoms with van der Waals surface area (Å²) in [5, 5.41) is 3.00. The van der Waals surface area contributed by atoms with E-state index in [4.69, 9.17) is 0 Å². The maximum absolute atomic E-state index is 12.2. The van der Waals surface area contributed by atoms with E-state index < -0.39 is 0 Å². The standard InChI is InChI=1S/C18H28N2O/c1-13(2)16-5-7-17(8-6-16)19-18(21)12-20-10-14(3)9-15(4)11-20/h5-8,13-15H,9-12H2,1-4H3,(H,19,21). The second-order valence-corrected chi connectivity index (χ2v) is 6.97. The monoisotopic (exact) mass is 288 g/mol. The van der Waals surface area contributed by atoms with Gasteiger partial charge in [0.25, 0.3) is 0 Å². The lowest BCUT2D eigenvalue weighted by Gasteiger charge is -2.34. The summed E-state index contributed by atoms with van der Waals surface area (Å²) in [5.41, 5.74) is 2.19. The van der Waals surface area contributed by atoms with E-state index in [2.05, 4.69) is 50.0 Å². The molecule has 2 unspecified atom stereocenters. The quantitative estimate of drug-likeness (QED) is 0.915. The number of anilines is 1. The summed E-state index contributed by atoms with van der Waals surface area (Å²) < 4.78 is 0. The first-order chi connectivity index (χ1) is 9.94. The molecule has 0 aromatic heterocycles. The normalized spacial score (nSPS) is 23.3. The molecule has 1 aliphatic rings. The van der Waals surface area contributed by atoms with Crippen LogP contribution in [-0.2, 0) is 4.79 Å². The minimum Gasteiger partial charge on any atom is -0.325 e. The SMILES string of the molecule is CC1CC(C)CN(CC(=O)Nc2ccc(C(C)C)cc2)C1. The van der Waals surface area contributed by atoms with Gasteiger partial charge < -0.3 is 5.32 Å². The first-order valence-electron chi connectivity index (χ1n) is 8.06. The maximum atomic E-state index is 12.2. The van der Waals surface area contributed by atoms with Crippen molar-refractivity contribution in [2.75, 3.05) is 25.0 Å². The third-order valence-electron chi connectivity index (χ3n) is 4.17. The lowest BCUT2D eigenvalue weighted by atomic mass is 9.92. The zero-order chi connectivity index (χ0) is 15.4. The second kappa shape index (κ2) is 7.08. The Morgan fingerprint density at radius 3 is 2.29 bits per heavy atom. The molecule has 1 N–H and O–H groups in total. The van der Waals surface area contributed by atoms with Gasteiger partial charge >= 0.3 is 0 Å². The molecule has 0 radical (unpaired) electrons. The van der Waals surface area contributed by atoms with Gasteiger partial charge in [0.15, 0.2) is 0 Å². The van der Waals surface area contributed by atoms with Gasteiger partial charge in [-0.3, -0.25) is 9.69 Å². The zero-order valence-electron chi connectivity index (χ0n) is 13.7. The lowest BCUT2D eigenvalue weighted by Crippen LogP contribution is -2.42. The van der Waals surface area contributed by atoms with E-state index in [0.717, 1.165) is 18.8 Å². The number of benzene rings is 1. The van der Waals surface area contributed by atoms with Crippen molar-refractivity contribution in [3.05, 3.63) is 29.8 Å². The average Bonchev–Trinajstić information content (AvgIpc) is 2.37. The van der Waals surface area contributed by atoms with Crippen LogP contribution in [0.3, 0.4) is 0 Å². The molecule has 1 aliphatic heterocycles. The van der Waals surface area contributed by atoms with Crippen LogP contribution in [0.1, 0.15) is 45.6 Å². The maximum Gasteiger partial charge on any atom is 0.238 e. The van der Waals surface area contributed by atoms with E-state index in [1.165, 1.54) is 12.0 Å². The van der Waals surface area contributed by atoms with Gasteiger partial charge in [-0.15, -0.1) is 0 Å². The van der Waals surface area contributed by atoms with Crippen LogP contribution >= 0.6 is 0 Å². The van der Waals surface area contributed by atoms with Gasteiger partial charge in [-0.05, 0) is 41.9 Å². The summed E-state index contributed by atoms with van der Waals surface area (Å²) in [7, 11) is 0. The Kier molecular flexibility index (Phi) is 5.40. The molecule has 0 saturated carbocycles. The number of nitrogens with one attached hydrogen (secondary N) is 1. The van der Waals surface area contributed by atoms with Crippen molar-refractivity contribution in [3.63, 3.8) is 0 Å². The van der Waals surface area contributed by atoms with E-state index in [1.807, 2.05) is 12.1 Å². The van der Waals surface area contributed by atoms with Crippen molar-refractivity contribution < 1.29 is 4.79 Å². The van der Waals surface area contributed by atoms with E-state index >= 15 is 0 Å². The molecule has 1 aromatic carbocycles. The Labute approximate surface area is 128 Å². The molecule has 3 heteroatoms. The van der Waals surface area contributed by atoms with Gasteiger partial charge in [-0.1, -0.05) is 39.8 Å². The van der Waals surface area contributed by atoms with Crippen LogP contribution in [0.5, 0.6) is 0 Å². The number of carbonyl (C=O) groups excluding carboxylic acids is 1. The fourth-order valence-electron chi connectivity index (χ4n) is 3.28. The highest BCUT2D eigenvalue weighted by Gasteiger charge is 2.23. The molecule has 0 bridgehead atoms. The first-order valence-corrected chi connectivity index (χ1v) is 8.06. The van der Waals surface area contributed by atoms with Gasteiger partial charge in [0.2, 0.25) is 5.91 Å². The first kappa shape index (κ1) is 16.0. The summed E-state index contributed by atoms with van der Waals surface area (Å²) in [4.78, 5) is 14.4. The number of nitrogens with zero attached hydrogens (tertiary/aromatic N) is 1. The Balaban J connectivity index is 1.86. The van der Waals surface area contributed by atoms with E-state index in [9.17, 15) is 4.79 Å². The number of rotatable bonds is 4. The van der Waals surface area contributed by atoms with Crippen LogP contribution in [0.2, 0.25) is 0 Å². The molecule has 1 amide bonds. The number of amides is 1. The summed E-state index contributed by atoms with van der Waals surface area (Å²) >= 11 is 0. The van der Waals surface area contributed by atoms with Gasteiger partial charge in [-0.25, -0.2) is 0 Å². The van der Waals surface area contributed by atoms with Gasteiger partial charge in [0.1, 0.15) is 0 Å². The van der Waals surface area contributed by atoms with Crippen molar-refractivity contribution in [3.8, 4) is 0 Å². The fourth-order valence-corrected chi connectivity index (χ4v) is 3.28. The van der Waals surface area contributed by atoms with Crippen molar-refractivity contribution in [2.24, 2.45) is 11.8 Å². The third-order valence-corrected chi connectivity index (χ3v) is 4.17. The zero-order valence-corrected chi connectivity index (χ0v) is 13.7. The largest absolute Gasteiger partial charge is 0.325 e. The van der Waals surface area contributed by atoms with Gasteiger partial charge in [0.05, 0.1) is 6.54 Å². The minimum absolute atomic E-state index is 0.0913. The van der Waals surface area contributed by atoms with Gasteiger partial charge in [0, 0.05) is 18.8 Å². The van der Waals surface area contributed by atoms with Crippen LogP contribution in [-0.4, -0.2) is 30.4 Å². The van der Waals surface area contributed by atoms with Crippen LogP contribution in [0.25, 0.3) is 0 Å². The third kappa shape index (κ3) is 4.85. The molecule has 21 heavy (non-hydrogen) atoms. The fraction of sp³-hybridized carbons (Fsp3) is 0.611. The molecule has 0 aliphatic carbocycles. The predicted octanol–water partition coefficient (Wildman–Crippen LogP) is 3.73. The number of hydrogen-bond acceptors (Lipinski definition) is 2. The Hall–Kier alpha value is -1.35. The molecular weight excluding hydrogens is 260 g/mol. The Morgan fingerprint density at radius 2 is 1.76 bits per heavy atom. The molecule has 2 atom stereocenters. The molecule has 2 rings (SSSR count). The van der Waals surface area contributed by atoms with Crippen LogP contribution in [0.4, 0.5) is 5.69 Å². The number of carbonyl (C=O) groups is 1. The Morgan fingerprint density at radius 1 is 1.19 bits per heavy atom. The highest BCUT2D eigenvalue weighted by molar-refractivity contribution is 5.92. The topological polar surface area (TPSA) is 32.3 Å². The highest BCUT2D eigenvalue weighted by Crippen LogP contribution is 2.21. The van der Waals surface area contributed by atoms with E-state index in [1.54, 1.807) is 0 Å². The van der Waals surface area contributed by atoms with Crippen LogP contribution in [0.15, 0.2) is 24.3 Å².